The molecule has 5 nitrogen and oxygen atoms in total. The number of esters is 2. The van der Waals surface area contributed by atoms with E-state index in [2.05, 4.69) is 0 Å². The Bertz CT molecular complexity index is 438. The first-order valence-corrected chi connectivity index (χ1v) is 6.62. The Morgan fingerprint density at radius 1 is 1.10 bits per heavy atom. The van der Waals surface area contributed by atoms with Crippen LogP contribution in [-0.2, 0) is 25.5 Å². The number of rotatable bonds is 7. The van der Waals surface area contributed by atoms with Crippen molar-refractivity contribution in [2.45, 2.75) is 33.3 Å². The van der Waals surface area contributed by atoms with Gasteiger partial charge in [0, 0.05) is 20.0 Å². The van der Waals surface area contributed by atoms with Crippen molar-refractivity contribution in [3.05, 3.63) is 29.8 Å². The molecule has 110 valence electrons. The Kier molecular flexibility index (Phi) is 6.73. The Morgan fingerprint density at radius 3 is 2.25 bits per heavy atom. The van der Waals surface area contributed by atoms with E-state index >= 15 is 0 Å². The van der Waals surface area contributed by atoms with Crippen molar-refractivity contribution in [2.24, 2.45) is 0 Å². The topological polar surface area (TPSA) is 61.8 Å². The second-order valence-electron chi connectivity index (χ2n) is 4.14. The molecule has 1 rings (SSSR count). The monoisotopic (exact) mass is 280 g/mol. The quantitative estimate of drug-likeness (QED) is 0.565. The molecule has 0 heterocycles. The smallest absolute Gasteiger partial charge is 0.335 e. The molecule has 0 aliphatic rings. The Morgan fingerprint density at radius 2 is 1.75 bits per heavy atom. The molecule has 0 aliphatic carbocycles. The normalized spacial score (nSPS) is 11.8. The van der Waals surface area contributed by atoms with Crippen molar-refractivity contribution >= 4 is 11.9 Å². The first-order valence-electron chi connectivity index (χ1n) is 6.62. The molecule has 1 atom stereocenters. The summed E-state index contributed by atoms with van der Waals surface area (Å²) in [4.78, 5) is 22.6. The summed E-state index contributed by atoms with van der Waals surface area (Å²) in [6.07, 6.45) is -0.188. The molecule has 0 radical (unpaired) electrons. The summed E-state index contributed by atoms with van der Waals surface area (Å²) in [7, 11) is 0. The maximum atomic E-state index is 11.7. The van der Waals surface area contributed by atoms with Gasteiger partial charge < -0.3 is 14.2 Å². The summed E-state index contributed by atoms with van der Waals surface area (Å²) >= 11 is 0. The third-order valence-electron chi connectivity index (χ3n) is 2.52. The number of hydrogen-bond donors (Lipinski definition) is 0. The molecule has 0 spiro atoms. The maximum absolute atomic E-state index is 11.7. The molecule has 1 aromatic carbocycles. The molecule has 0 saturated heterocycles. The van der Waals surface area contributed by atoms with Crippen molar-refractivity contribution in [1.29, 1.82) is 0 Å². The molecule has 0 fully saturated rings. The first kappa shape index (κ1) is 16.2. The van der Waals surface area contributed by atoms with Gasteiger partial charge in [-0.1, -0.05) is 12.1 Å². The van der Waals surface area contributed by atoms with Crippen LogP contribution in [0, 0.1) is 0 Å². The number of hydrogen-bond acceptors (Lipinski definition) is 5. The van der Waals surface area contributed by atoms with Crippen LogP contribution in [0.25, 0.3) is 0 Å². The summed E-state index contributed by atoms with van der Waals surface area (Å²) in [6, 6.07) is 6.96. The van der Waals surface area contributed by atoms with E-state index < -0.39 is 6.10 Å². The average molecular weight is 280 g/mol. The molecule has 0 saturated carbocycles. The standard InChI is InChI=1S/C15H20O5/c1-4-18-14(15(17)19-5-2)10-12-6-8-13(9-7-12)20-11(3)16/h6-9,14H,4-5,10H2,1-3H3. The van der Waals surface area contributed by atoms with E-state index in [1.165, 1.54) is 6.92 Å². The zero-order valence-corrected chi connectivity index (χ0v) is 12.0. The number of ether oxygens (including phenoxy) is 3. The highest BCUT2D eigenvalue weighted by Gasteiger charge is 2.20. The highest BCUT2D eigenvalue weighted by Crippen LogP contribution is 2.15. The first-order chi connectivity index (χ1) is 9.56. The van der Waals surface area contributed by atoms with Gasteiger partial charge in [-0.2, -0.15) is 0 Å². The zero-order valence-electron chi connectivity index (χ0n) is 12.0. The van der Waals surface area contributed by atoms with Crippen molar-refractivity contribution in [3.8, 4) is 5.75 Å². The van der Waals surface area contributed by atoms with Gasteiger partial charge in [0.1, 0.15) is 5.75 Å². The third kappa shape index (κ3) is 5.40. The van der Waals surface area contributed by atoms with Gasteiger partial charge in [-0.3, -0.25) is 4.79 Å². The molecule has 0 N–H and O–H groups in total. The van der Waals surface area contributed by atoms with Gasteiger partial charge in [0.15, 0.2) is 6.10 Å². The molecular weight excluding hydrogens is 260 g/mol. The fourth-order valence-corrected chi connectivity index (χ4v) is 1.72. The van der Waals surface area contributed by atoms with Crippen molar-refractivity contribution in [1.82, 2.24) is 0 Å². The summed E-state index contributed by atoms with van der Waals surface area (Å²) < 4.78 is 15.3. The molecule has 1 aromatic rings. The van der Waals surface area contributed by atoms with Gasteiger partial charge in [0.25, 0.3) is 0 Å². The Labute approximate surface area is 118 Å². The van der Waals surface area contributed by atoms with Gasteiger partial charge in [-0.05, 0) is 31.5 Å². The maximum Gasteiger partial charge on any atom is 0.335 e. The second kappa shape index (κ2) is 8.32. The minimum atomic E-state index is -0.612. The van der Waals surface area contributed by atoms with Crippen molar-refractivity contribution in [2.75, 3.05) is 13.2 Å². The average Bonchev–Trinajstić information content (AvgIpc) is 2.40. The predicted octanol–water partition coefficient (Wildman–Crippen LogP) is 2.12. The van der Waals surface area contributed by atoms with E-state index in [4.69, 9.17) is 14.2 Å². The second-order valence-corrected chi connectivity index (χ2v) is 4.14. The molecule has 20 heavy (non-hydrogen) atoms. The third-order valence-corrected chi connectivity index (χ3v) is 2.52. The van der Waals surface area contributed by atoms with Crippen LogP contribution >= 0.6 is 0 Å². The Hall–Kier alpha value is -1.88. The van der Waals surface area contributed by atoms with Crippen LogP contribution in [0.5, 0.6) is 5.75 Å². The van der Waals surface area contributed by atoms with E-state index in [0.29, 0.717) is 25.4 Å². The number of benzene rings is 1. The molecule has 0 aromatic heterocycles. The summed E-state index contributed by atoms with van der Waals surface area (Å²) in [5.74, 6) is -0.250. The van der Waals surface area contributed by atoms with Crippen LogP contribution in [0.4, 0.5) is 0 Å². The lowest BCUT2D eigenvalue weighted by atomic mass is 10.1. The minimum Gasteiger partial charge on any atom is -0.464 e. The van der Waals surface area contributed by atoms with E-state index in [0.717, 1.165) is 5.56 Å². The fraction of sp³-hybridized carbons (Fsp3) is 0.467. The van der Waals surface area contributed by atoms with Gasteiger partial charge in [0.2, 0.25) is 0 Å². The zero-order chi connectivity index (χ0) is 15.0. The van der Waals surface area contributed by atoms with Crippen LogP contribution in [0.1, 0.15) is 26.3 Å². The van der Waals surface area contributed by atoms with Crippen LogP contribution in [-0.4, -0.2) is 31.3 Å². The van der Waals surface area contributed by atoms with Crippen LogP contribution < -0.4 is 4.74 Å². The van der Waals surface area contributed by atoms with Crippen LogP contribution in [0.2, 0.25) is 0 Å². The lowest BCUT2D eigenvalue weighted by Crippen LogP contribution is -2.28. The van der Waals surface area contributed by atoms with Gasteiger partial charge in [-0.15, -0.1) is 0 Å². The molecule has 0 amide bonds. The molecule has 0 aliphatic heterocycles. The van der Waals surface area contributed by atoms with Gasteiger partial charge in [-0.25, -0.2) is 4.79 Å². The van der Waals surface area contributed by atoms with E-state index in [9.17, 15) is 9.59 Å². The molecule has 5 heteroatoms. The van der Waals surface area contributed by atoms with Crippen molar-refractivity contribution in [3.63, 3.8) is 0 Å². The van der Waals surface area contributed by atoms with Crippen LogP contribution in [0.3, 0.4) is 0 Å². The summed E-state index contributed by atoms with van der Waals surface area (Å²) in [6.45, 7) is 5.70. The SMILES string of the molecule is CCOC(=O)C(Cc1ccc(OC(C)=O)cc1)OCC. The van der Waals surface area contributed by atoms with Gasteiger partial charge in [0.05, 0.1) is 6.61 Å². The fourth-order valence-electron chi connectivity index (χ4n) is 1.72. The predicted molar refractivity (Wildman–Crippen MR) is 73.5 cm³/mol. The summed E-state index contributed by atoms with van der Waals surface area (Å²) in [5.41, 5.74) is 0.910. The lowest BCUT2D eigenvalue weighted by Gasteiger charge is -2.15. The highest BCUT2D eigenvalue weighted by atomic mass is 16.6. The van der Waals surface area contributed by atoms with Crippen LogP contribution in [0.15, 0.2) is 24.3 Å². The van der Waals surface area contributed by atoms with E-state index in [1.54, 1.807) is 31.2 Å². The van der Waals surface area contributed by atoms with Crippen molar-refractivity contribution < 1.29 is 23.8 Å². The van der Waals surface area contributed by atoms with E-state index in [-0.39, 0.29) is 11.9 Å². The molecule has 0 bridgehead atoms. The molecular formula is C15H20O5. The van der Waals surface area contributed by atoms with Gasteiger partial charge >= 0.3 is 11.9 Å². The minimum absolute atomic E-state index is 0.327. The number of carbonyl (C=O) groups is 2. The summed E-state index contributed by atoms with van der Waals surface area (Å²) in [5, 5.41) is 0. The molecule has 1 unspecified atom stereocenters. The Balaban J connectivity index is 2.68. The number of carbonyl (C=O) groups excluding carboxylic acids is 2. The largest absolute Gasteiger partial charge is 0.464 e. The van der Waals surface area contributed by atoms with E-state index in [1.807, 2.05) is 6.92 Å². The lowest BCUT2D eigenvalue weighted by molar-refractivity contribution is -0.156. The highest BCUT2D eigenvalue weighted by molar-refractivity contribution is 5.75.